The second-order valence-electron chi connectivity index (χ2n) is 3.32. The van der Waals surface area contributed by atoms with E-state index in [1.54, 1.807) is 24.3 Å². The number of rotatable bonds is 5. The molecule has 88 valence electrons. The summed E-state index contributed by atoms with van der Waals surface area (Å²) in [5.41, 5.74) is 9.51. The van der Waals surface area contributed by atoms with Crippen molar-refractivity contribution in [1.82, 2.24) is 0 Å². The van der Waals surface area contributed by atoms with Crippen LogP contribution in [0.25, 0.3) is 10.4 Å². The van der Waals surface area contributed by atoms with E-state index in [0.29, 0.717) is 11.1 Å². The molecule has 0 saturated carbocycles. The zero-order valence-corrected chi connectivity index (χ0v) is 9.25. The Labute approximate surface area is 98.1 Å². The Morgan fingerprint density at radius 3 is 2.59 bits per heavy atom. The largest absolute Gasteiger partial charge is 0.376 e. The summed E-state index contributed by atoms with van der Waals surface area (Å²) in [5, 5.41) is 12.0. The van der Waals surface area contributed by atoms with Crippen LogP contribution in [-0.4, -0.2) is 19.8 Å². The number of nitrogens with zero attached hydrogens (tertiary/aromatic N) is 4. The van der Waals surface area contributed by atoms with Crippen molar-refractivity contribution >= 4 is 0 Å². The molecule has 2 atom stereocenters. The molecular weight excluding hydrogens is 223 g/mol. The van der Waals surface area contributed by atoms with E-state index in [4.69, 9.17) is 15.5 Å². The van der Waals surface area contributed by atoms with Gasteiger partial charge in [0.05, 0.1) is 23.8 Å². The molecule has 1 rings (SSSR count). The monoisotopic (exact) mass is 234 g/mol. The summed E-state index contributed by atoms with van der Waals surface area (Å²) in [6, 6.07) is 7.60. The second kappa shape index (κ2) is 6.48. The van der Waals surface area contributed by atoms with Gasteiger partial charge in [0.15, 0.2) is 0 Å². The highest BCUT2D eigenvalue weighted by Crippen LogP contribution is 2.23. The van der Waals surface area contributed by atoms with E-state index in [0.717, 1.165) is 0 Å². The SMILES string of the molecule is CO[C@H](c1ccc(C#N)cc1)C(CF)N=[N+]=[N-]. The smallest absolute Gasteiger partial charge is 0.101 e. The summed E-state index contributed by atoms with van der Waals surface area (Å²) in [7, 11) is 1.42. The van der Waals surface area contributed by atoms with E-state index in [-0.39, 0.29) is 0 Å². The Hall–Kier alpha value is -2.09. The topological polar surface area (TPSA) is 81.8 Å². The van der Waals surface area contributed by atoms with Crippen molar-refractivity contribution in [2.75, 3.05) is 13.8 Å². The van der Waals surface area contributed by atoms with Crippen molar-refractivity contribution in [3.63, 3.8) is 0 Å². The van der Waals surface area contributed by atoms with E-state index in [9.17, 15) is 4.39 Å². The molecule has 0 N–H and O–H groups in total. The van der Waals surface area contributed by atoms with Crippen molar-refractivity contribution in [2.24, 2.45) is 5.11 Å². The molecule has 0 saturated heterocycles. The zero-order valence-electron chi connectivity index (χ0n) is 9.25. The summed E-state index contributed by atoms with van der Waals surface area (Å²) < 4.78 is 17.8. The number of nitriles is 1. The molecule has 6 heteroatoms. The Bertz CT molecular complexity index is 448. The van der Waals surface area contributed by atoms with Crippen molar-refractivity contribution in [2.45, 2.75) is 12.1 Å². The van der Waals surface area contributed by atoms with Gasteiger partial charge >= 0.3 is 0 Å². The summed E-state index contributed by atoms with van der Waals surface area (Å²) in [6.45, 7) is -0.803. The minimum Gasteiger partial charge on any atom is -0.376 e. The van der Waals surface area contributed by atoms with Gasteiger partial charge in [-0.05, 0) is 23.2 Å². The van der Waals surface area contributed by atoms with E-state index >= 15 is 0 Å². The number of alkyl halides is 1. The highest BCUT2D eigenvalue weighted by Gasteiger charge is 2.21. The molecule has 0 bridgehead atoms. The molecule has 1 unspecified atom stereocenters. The van der Waals surface area contributed by atoms with Gasteiger partial charge in [-0.3, -0.25) is 4.39 Å². The lowest BCUT2D eigenvalue weighted by Crippen LogP contribution is -2.20. The molecule has 0 aromatic heterocycles. The first kappa shape index (κ1) is 13.0. The molecule has 0 amide bonds. The van der Waals surface area contributed by atoms with Gasteiger partial charge in [0.2, 0.25) is 0 Å². The number of hydrogen-bond acceptors (Lipinski definition) is 3. The summed E-state index contributed by atoms with van der Waals surface area (Å²) >= 11 is 0. The molecule has 0 radical (unpaired) electrons. The van der Waals surface area contributed by atoms with Crippen LogP contribution in [0, 0.1) is 11.3 Å². The lowest BCUT2D eigenvalue weighted by atomic mass is 10.0. The van der Waals surface area contributed by atoms with Crippen LogP contribution in [0.2, 0.25) is 0 Å². The fourth-order valence-electron chi connectivity index (χ4n) is 1.50. The van der Waals surface area contributed by atoms with Gasteiger partial charge in [-0.15, -0.1) is 0 Å². The predicted molar refractivity (Wildman–Crippen MR) is 59.8 cm³/mol. The first-order valence-corrected chi connectivity index (χ1v) is 4.89. The molecule has 1 aromatic carbocycles. The van der Waals surface area contributed by atoms with Gasteiger partial charge < -0.3 is 4.74 Å². The lowest BCUT2D eigenvalue weighted by molar-refractivity contribution is 0.0722. The van der Waals surface area contributed by atoms with Gasteiger partial charge in [0.25, 0.3) is 0 Å². The van der Waals surface area contributed by atoms with Crippen molar-refractivity contribution in [3.05, 3.63) is 45.8 Å². The number of methoxy groups -OCH3 is 1. The maximum Gasteiger partial charge on any atom is 0.101 e. The Balaban J connectivity index is 3.00. The molecule has 0 aliphatic carbocycles. The Morgan fingerprint density at radius 1 is 1.53 bits per heavy atom. The molecule has 0 fully saturated rings. The number of halogens is 1. The molecule has 17 heavy (non-hydrogen) atoms. The number of ether oxygens (including phenoxy) is 1. The maximum atomic E-state index is 12.7. The van der Waals surface area contributed by atoms with Crippen LogP contribution in [0.1, 0.15) is 17.2 Å². The maximum absolute atomic E-state index is 12.7. The highest BCUT2D eigenvalue weighted by molar-refractivity contribution is 5.33. The third kappa shape index (κ3) is 3.18. The van der Waals surface area contributed by atoms with E-state index in [1.165, 1.54) is 7.11 Å². The molecule has 0 aliphatic rings. The Kier molecular flexibility index (Phi) is 4.95. The molecule has 0 aliphatic heterocycles. The summed E-state index contributed by atoms with van der Waals surface area (Å²) in [6.07, 6.45) is -0.649. The van der Waals surface area contributed by atoms with Gasteiger partial charge in [-0.1, -0.05) is 17.2 Å². The average molecular weight is 234 g/mol. The van der Waals surface area contributed by atoms with E-state index in [2.05, 4.69) is 10.0 Å². The fourth-order valence-corrected chi connectivity index (χ4v) is 1.50. The van der Waals surface area contributed by atoms with Gasteiger partial charge in [-0.2, -0.15) is 5.26 Å². The first-order valence-electron chi connectivity index (χ1n) is 4.89. The van der Waals surface area contributed by atoms with Gasteiger partial charge in [0.1, 0.15) is 6.67 Å². The van der Waals surface area contributed by atoms with Crippen molar-refractivity contribution < 1.29 is 9.13 Å². The fraction of sp³-hybridized carbons (Fsp3) is 0.364. The summed E-state index contributed by atoms with van der Waals surface area (Å²) in [4.78, 5) is 2.59. The van der Waals surface area contributed by atoms with Crippen LogP contribution in [-0.2, 0) is 4.74 Å². The summed E-state index contributed by atoms with van der Waals surface area (Å²) in [5.74, 6) is 0. The van der Waals surface area contributed by atoms with Crippen molar-refractivity contribution in [3.8, 4) is 6.07 Å². The quantitative estimate of drug-likeness (QED) is 0.446. The minimum absolute atomic E-state index is 0.504. The molecule has 1 aromatic rings. The van der Waals surface area contributed by atoms with E-state index in [1.807, 2.05) is 6.07 Å². The average Bonchev–Trinajstić information content (AvgIpc) is 2.39. The van der Waals surface area contributed by atoms with Crippen LogP contribution >= 0.6 is 0 Å². The third-order valence-corrected chi connectivity index (χ3v) is 2.33. The van der Waals surface area contributed by atoms with Crippen LogP contribution in [0.15, 0.2) is 29.4 Å². The molecule has 0 spiro atoms. The molecule has 0 heterocycles. The lowest BCUT2D eigenvalue weighted by Gasteiger charge is -2.20. The van der Waals surface area contributed by atoms with Crippen LogP contribution in [0.5, 0.6) is 0 Å². The minimum atomic E-state index is -0.905. The second-order valence-corrected chi connectivity index (χ2v) is 3.32. The number of hydrogen-bond donors (Lipinski definition) is 0. The van der Waals surface area contributed by atoms with Crippen LogP contribution in [0.4, 0.5) is 4.39 Å². The first-order chi connectivity index (χ1) is 8.26. The third-order valence-electron chi connectivity index (χ3n) is 2.33. The van der Waals surface area contributed by atoms with E-state index < -0.39 is 18.8 Å². The Morgan fingerprint density at radius 2 is 2.18 bits per heavy atom. The zero-order chi connectivity index (χ0) is 12.7. The van der Waals surface area contributed by atoms with Crippen LogP contribution < -0.4 is 0 Å². The standard InChI is InChI=1S/C11H11FN4O/c1-17-11(10(6-12)15-16-14)9-4-2-8(7-13)3-5-9/h2-5,10-11H,6H2,1H3/t10?,11-/m1/s1. The van der Waals surface area contributed by atoms with Gasteiger partial charge in [-0.25, -0.2) is 0 Å². The number of benzene rings is 1. The van der Waals surface area contributed by atoms with Crippen molar-refractivity contribution in [1.29, 1.82) is 5.26 Å². The van der Waals surface area contributed by atoms with Gasteiger partial charge in [0, 0.05) is 12.0 Å². The number of azide groups is 1. The normalized spacial score (nSPS) is 13.2. The predicted octanol–water partition coefficient (Wildman–Crippen LogP) is 2.89. The molecular formula is C11H11FN4O. The molecule has 5 nitrogen and oxygen atoms in total. The highest BCUT2D eigenvalue weighted by atomic mass is 19.1. The van der Waals surface area contributed by atoms with Crippen LogP contribution in [0.3, 0.4) is 0 Å².